The highest BCUT2D eigenvalue weighted by atomic mass is 32.2. The second-order valence-electron chi connectivity index (χ2n) is 3.54. The van der Waals surface area contributed by atoms with E-state index in [1.807, 2.05) is 13.8 Å². The predicted octanol–water partition coefficient (Wildman–Crippen LogP) is 4.47. The molecule has 1 rings (SSSR count). The van der Waals surface area contributed by atoms with Crippen LogP contribution in [0.1, 0.15) is 27.2 Å². The lowest BCUT2D eigenvalue weighted by atomic mass is 10.3. The number of rotatable bonds is 6. The lowest BCUT2D eigenvalue weighted by molar-refractivity contribution is 0.0252. The molecule has 0 amide bonds. The van der Waals surface area contributed by atoms with Gasteiger partial charge in [-0.1, -0.05) is 43.9 Å². The molecule has 98 valence electrons. The Morgan fingerprint density at radius 1 is 1.29 bits per heavy atom. The third kappa shape index (κ3) is 4.33. The van der Waals surface area contributed by atoms with E-state index in [-0.39, 0.29) is 10.8 Å². The van der Waals surface area contributed by atoms with Crippen molar-refractivity contribution in [1.82, 2.24) is 10.2 Å². The Kier molecular flexibility index (Phi) is 5.59. The topological polar surface area (TPSA) is 25.8 Å². The van der Waals surface area contributed by atoms with E-state index >= 15 is 0 Å². The van der Waals surface area contributed by atoms with Crippen LogP contribution in [-0.2, 0) is 0 Å². The maximum Gasteiger partial charge on any atom is 0.281 e. The van der Waals surface area contributed by atoms with Crippen LogP contribution in [0.25, 0.3) is 0 Å². The third-order valence-electron chi connectivity index (χ3n) is 1.79. The van der Waals surface area contributed by atoms with Crippen LogP contribution in [0, 0.1) is 0 Å². The van der Waals surface area contributed by atoms with Crippen molar-refractivity contribution >= 4 is 34.9 Å². The van der Waals surface area contributed by atoms with Crippen LogP contribution in [0.4, 0.5) is 13.2 Å². The summed E-state index contributed by atoms with van der Waals surface area (Å²) >= 11 is 3.10. The Balaban J connectivity index is 2.71. The standard InChI is InChI=1S/C9H13F3N2S3/c1-4-9(12,6(10)11)17-8-14-13-7(16-8)15-5(2)3/h5-6H,4H2,1-3H3. The van der Waals surface area contributed by atoms with Crippen LogP contribution >= 0.6 is 34.9 Å². The molecule has 1 atom stereocenters. The highest BCUT2D eigenvalue weighted by molar-refractivity contribution is 8.04. The molecule has 8 heteroatoms. The second-order valence-corrected chi connectivity index (χ2v) is 7.87. The Bertz CT molecular complexity index is 359. The minimum Gasteiger partial charge on any atom is -0.225 e. The molecule has 0 spiro atoms. The molecule has 1 aromatic rings. The van der Waals surface area contributed by atoms with E-state index in [2.05, 4.69) is 10.2 Å². The molecule has 1 unspecified atom stereocenters. The molecule has 0 aliphatic heterocycles. The summed E-state index contributed by atoms with van der Waals surface area (Å²) in [4.78, 5) is 0. The zero-order chi connectivity index (χ0) is 13.1. The fourth-order valence-electron chi connectivity index (χ4n) is 0.904. The molecule has 0 fully saturated rings. The highest BCUT2D eigenvalue weighted by Crippen LogP contribution is 2.43. The number of hydrogen-bond donors (Lipinski definition) is 0. The van der Waals surface area contributed by atoms with Crippen LogP contribution in [0.5, 0.6) is 0 Å². The van der Waals surface area contributed by atoms with Crippen LogP contribution in [0.3, 0.4) is 0 Å². The summed E-state index contributed by atoms with van der Waals surface area (Å²) in [6.07, 6.45) is -3.29. The van der Waals surface area contributed by atoms with Gasteiger partial charge >= 0.3 is 0 Å². The van der Waals surface area contributed by atoms with Gasteiger partial charge in [-0.2, -0.15) is 0 Å². The van der Waals surface area contributed by atoms with Gasteiger partial charge < -0.3 is 0 Å². The molecule has 1 heterocycles. The average molecular weight is 302 g/mol. The normalized spacial score (nSPS) is 15.5. The van der Waals surface area contributed by atoms with Gasteiger partial charge in [-0.25, -0.2) is 13.2 Å². The van der Waals surface area contributed by atoms with Crippen molar-refractivity contribution in [2.45, 2.75) is 52.5 Å². The third-order valence-corrected chi connectivity index (χ3v) is 5.16. The fourth-order valence-corrected chi connectivity index (χ4v) is 4.30. The van der Waals surface area contributed by atoms with Crippen molar-refractivity contribution in [2.24, 2.45) is 0 Å². The molecule has 2 nitrogen and oxygen atoms in total. The van der Waals surface area contributed by atoms with Gasteiger partial charge in [-0.3, -0.25) is 0 Å². The van der Waals surface area contributed by atoms with Crippen molar-refractivity contribution < 1.29 is 13.2 Å². The summed E-state index contributed by atoms with van der Waals surface area (Å²) in [5.41, 5.74) is 0. The van der Waals surface area contributed by atoms with Crippen molar-refractivity contribution in [3.05, 3.63) is 0 Å². The molecule has 0 aliphatic carbocycles. The van der Waals surface area contributed by atoms with Gasteiger partial charge in [0.05, 0.1) is 0 Å². The lowest BCUT2D eigenvalue weighted by Gasteiger charge is -2.19. The van der Waals surface area contributed by atoms with Crippen molar-refractivity contribution in [1.29, 1.82) is 0 Å². The zero-order valence-electron chi connectivity index (χ0n) is 9.61. The van der Waals surface area contributed by atoms with Crippen molar-refractivity contribution in [3.63, 3.8) is 0 Å². The summed E-state index contributed by atoms with van der Waals surface area (Å²) in [6, 6.07) is 0. The lowest BCUT2D eigenvalue weighted by Crippen LogP contribution is -2.26. The van der Waals surface area contributed by atoms with Gasteiger partial charge in [-0.05, 0) is 18.2 Å². The maximum absolute atomic E-state index is 13.7. The van der Waals surface area contributed by atoms with E-state index in [9.17, 15) is 13.2 Å². The number of alkyl halides is 3. The van der Waals surface area contributed by atoms with Gasteiger partial charge in [0.15, 0.2) is 8.68 Å². The number of nitrogens with zero attached hydrogens (tertiary/aromatic N) is 2. The first-order chi connectivity index (χ1) is 7.87. The molecule has 1 aromatic heterocycles. The Hall–Kier alpha value is 0.0500. The monoisotopic (exact) mass is 302 g/mol. The molecule has 17 heavy (non-hydrogen) atoms. The number of hydrogen-bond acceptors (Lipinski definition) is 5. The SMILES string of the molecule is CCC(F)(Sc1nnc(SC(C)C)s1)C(F)F. The van der Waals surface area contributed by atoms with E-state index in [0.717, 1.165) is 11.3 Å². The second kappa shape index (κ2) is 6.29. The van der Waals surface area contributed by atoms with Gasteiger partial charge in [0, 0.05) is 5.25 Å². The minimum atomic E-state index is -3.03. The molecular formula is C9H13F3N2S3. The molecule has 0 N–H and O–H groups in total. The minimum absolute atomic E-state index is 0.248. The zero-order valence-corrected chi connectivity index (χ0v) is 12.1. The quantitative estimate of drug-likeness (QED) is 0.724. The fraction of sp³-hybridized carbons (Fsp3) is 0.778. The highest BCUT2D eigenvalue weighted by Gasteiger charge is 2.41. The largest absolute Gasteiger partial charge is 0.281 e. The molecule has 0 aliphatic rings. The Morgan fingerprint density at radius 3 is 2.35 bits per heavy atom. The Morgan fingerprint density at radius 2 is 1.88 bits per heavy atom. The van der Waals surface area contributed by atoms with E-state index in [4.69, 9.17) is 0 Å². The first-order valence-electron chi connectivity index (χ1n) is 5.03. The van der Waals surface area contributed by atoms with Crippen molar-refractivity contribution in [3.8, 4) is 0 Å². The van der Waals surface area contributed by atoms with Gasteiger partial charge in [-0.15, -0.1) is 10.2 Å². The van der Waals surface area contributed by atoms with Gasteiger partial charge in [0.2, 0.25) is 5.00 Å². The van der Waals surface area contributed by atoms with Crippen LogP contribution in [0.15, 0.2) is 8.68 Å². The van der Waals surface area contributed by atoms with Crippen molar-refractivity contribution in [2.75, 3.05) is 0 Å². The predicted molar refractivity (Wildman–Crippen MR) is 66.9 cm³/mol. The first kappa shape index (κ1) is 15.1. The molecule has 0 radical (unpaired) electrons. The average Bonchev–Trinajstić information content (AvgIpc) is 2.63. The van der Waals surface area contributed by atoms with E-state index in [1.54, 1.807) is 0 Å². The molecule has 0 saturated carbocycles. The van der Waals surface area contributed by atoms with E-state index in [1.165, 1.54) is 18.7 Å². The van der Waals surface area contributed by atoms with E-state index in [0.29, 0.717) is 21.4 Å². The van der Waals surface area contributed by atoms with Gasteiger partial charge in [0.25, 0.3) is 6.43 Å². The summed E-state index contributed by atoms with van der Waals surface area (Å²) < 4.78 is 39.8. The summed E-state index contributed by atoms with van der Waals surface area (Å²) in [5, 5.41) is 5.32. The molecule has 0 bridgehead atoms. The van der Waals surface area contributed by atoms with E-state index < -0.39 is 11.4 Å². The number of aromatic nitrogens is 2. The molecule has 0 saturated heterocycles. The molecule has 0 aromatic carbocycles. The Labute approximate surface area is 111 Å². The number of thioether (sulfide) groups is 2. The maximum atomic E-state index is 13.7. The summed E-state index contributed by atoms with van der Waals surface area (Å²) in [5.74, 6) is 0. The van der Waals surface area contributed by atoms with Gasteiger partial charge in [0.1, 0.15) is 0 Å². The summed E-state index contributed by atoms with van der Waals surface area (Å²) in [7, 11) is 0. The summed E-state index contributed by atoms with van der Waals surface area (Å²) in [6.45, 7) is 5.37. The van der Waals surface area contributed by atoms with Crippen LogP contribution in [-0.4, -0.2) is 26.9 Å². The first-order valence-corrected chi connectivity index (χ1v) is 7.55. The smallest absolute Gasteiger partial charge is 0.225 e. The molecular weight excluding hydrogens is 289 g/mol. The van der Waals surface area contributed by atoms with Crippen LogP contribution < -0.4 is 0 Å². The number of halogens is 3. The van der Waals surface area contributed by atoms with Crippen LogP contribution in [0.2, 0.25) is 0 Å².